The molecule has 2 aromatic carbocycles. The van der Waals surface area contributed by atoms with Crippen molar-refractivity contribution in [3.05, 3.63) is 47.0 Å². The largest absolute Gasteiger partial charge is 0.497 e. The number of aliphatic hydroxyl groups is 1. The first-order valence-electron chi connectivity index (χ1n) is 10.9. The number of likely N-dealkylation sites (tertiary alicyclic amines) is 1. The molecule has 6 nitrogen and oxygen atoms in total. The summed E-state index contributed by atoms with van der Waals surface area (Å²) in [6.07, 6.45) is 3.06. The van der Waals surface area contributed by atoms with E-state index in [0.29, 0.717) is 17.4 Å². The predicted octanol–water partition coefficient (Wildman–Crippen LogP) is 4.73. The summed E-state index contributed by atoms with van der Waals surface area (Å²) < 4.78 is 11.7. The highest BCUT2D eigenvalue weighted by Crippen LogP contribution is 2.54. The molecule has 0 aliphatic carbocycles. The van der Waals surface area contributed by atoms with Crippen molar-refractivity contribution in [2.75, 3.05) is 38.3 Å². The fraction of sp³-hybridized carbons (Fsp3) is 0.458. The van der Waals surface area contributed by atoms with E-state index in [1.54, 1.807) is 36.8 Å². The van der Waals surface area contributed by atoms with Crippen molar-refractivity contribution in [1.29, 1.82) is 0 Å². The number of fused-ring (bicyclic) bond motifs is 1. The van der Waals surface area contributed by atoms with Crippen LogP contribution in [0.25, 0.3) is 0 Å². The molecular formula is C24H29ClN2O4S. The van der Waals surface area contributed by atoms with Gasteiger partial charge >= 0.3 is 0 Å². The number of aliphatic hydroxyl groups excluding tert-OH is 1. The van der Waals surface area contributed by atoms with E-state index in [2.05, 4.69) is 4.90 Å². The van der Waals surface area contributed by atoms with Crippen molar-refractivity contribution in [3.8, 4) is 11.5 Å². The number of carbonyl (C=O) groups excluding carboxylic acids is 1. The normalized spacial score (nSPS) is 20.4. The number of benzene rings is 2. The maximum atomic E-state index is 12.6. The van der Waals surface area contributed by atoms with E-state index in [0.717, 1.165) is 54.2 Å². The summed E-state index contributed by atoms with van der Waals surface area (Å²) in [6, 6.07) is 11.6. The van der Waals surface area contributed by atoms with Crippen molar-refractivity contribution in [2.24, 2.45) is 0 Å². The Hall–Kier alpha value is -1.93. The molecule has 2 heterocycles. The first-order chi connectivity index (χ1) is 15.5. The minimum absolute atomic E-state index is 0.0404. The molecule has 0 spiro atoms. The van der Waals surface area contributed by atoms with Gasteiger partial charge in [0.1, 0.15) is 16.9 Å². The van der Waals surface area contributed by atoms with Gasteiger partial charge in [-0.1, -0.05) is 23.4 Å². The second-order valence-electron chi connectivity index (χ2n) is 8.09. The number of anilines is 1. The number of thioether (sulfide) groups is 1. The first-order valence-corrected chi connectivity index (χ1v) is 12.2. The monoisotopic (exact) mass is 476 g/mol. The Morgan fingerprint density at radius 1 is 1.28 bits per heavy atom. The number of ether oxygens (including phenoxy) is 2. The Kier molecular flexibility index (Phi) is 7.51. The Bertz CT molecular complexity index is 973. The highest BCUT2D eigenvalue weighted by atomic mass is 35.5. The zero-order chi connectivity index (χ0) is 22.7. The molecule has 4 rings (SSSR count). The Balaban J connectivity index is 1.52. The number of amides is 1. The number of halogens is 1. The van der Waals surface area contributed by atoms with Crippen molar-refractivity contribution >= 4 is 35.0 Å². The Morgan fingerprint density at radius 3 is 2.88 bits per heavy atom. The van der Waals surface area contributed by atoms with Gasteiger partial charge in [0.05, 0.1) is 26.0 Å². The molecule has 0 saturated carbocycles. The third-order valence-corrected chi connectivity index (χ3v) is 7.54. The van der Waals surface area contributed by atoms with Crippen molar-refractivity contribution in [2.45, 2.75) is 42.5 Å². The van der Waals surface area contributed by atoms with Gasteiger partial charge in [0.2, 0.25) is 5.91 Å². The molecule has 0 aromatic heterocycles. The molecule has 1 unspecified atom stereocenters. The van der Waals surface area contributed by atoms with Gasteiger partial charge < -0.3 is 14.6 Å². The van der Waals surface area contributed by atoms with Crippen LogP contribution in [0.3, 0.4) is 0 Å². The van der Waals surface area contributed by atoms with Gasteiger partial charge in [0.25, 0.3) is 0 Å². The summed E-state index contributed by atoms with van der Waals surface area (Å²) in [6.45, 7) is 4.29. The lowest BCUT2D eigenvalue weighted by atomic mass is 10.1. The van der Waals surface area contributed by atoms with Gasteiger partial charge in [-0.15, -0.1) is 0 Å². The molecule has 1 fully saturated rings. The Morgan fingerprint density at radius 2 is 2.12 bits per heavy atom. The van der Waals surface area contributed by atoms with Crippen LogP contribution in [0.15, 0.2) is 41.3 Å². The highest BCUT2D eigenvalue weighted by Gasteiger charge is 2.36. The van der Waals surface area contributed by atoms with Crippen LogP contribution in [-0.4, -0.2) is 55.4 Å². The van der Waals surface area contributed by atoms with Crippen LogP contribution in [-0.2, 0) is 4.79 Å². The van der Waals surface area contributed by atoms with Crippen LogP contribution in [0.2, 0.25) is 5.02 Å². The van der Waals surface area contributed by atoms with Crippen LogP contribution >= 0.6 is 23.4 Å². The molecular weight excluding hydrogens is 448 g/mol. The highest BCUT2D eigenvalue weighted by molar-refractivity contribution is 8.00. The average Bonchev–Trinajstić information content (AvgIpc) is 3.40. The van der Waals surface area contributed by atoms with Crippen molar-refractivity contribution < 1.29 is 19.4 Å². The van der Waals surface area contributed by atoms with Gasteiger partial charge in [-0.25, -0.2) is 0 Å². The Labute approximate surface area is 198 Å². The number of nitrogens with zero attached hydrogens (tertiary/aromatic N) is 2. The molecule has 32 heavy (non-hydrogen) atoms. The van der Waals surface area contributed by atoms with E-state index in [1.807, 2.05) is 30.3 Å². The zero-order valence-corrected chi connectivity index (χ0v) is 20.0. The van der Waals surface area contributed by atoms with Crippen molar-refractivity contribution in [3.63, 3.8) is 0 Å². The number of hydrogen-bond donors (Lipinski definition) is 1. The lowest BCUT2D eigenvalue weighted by Gasteiger charge is -2.26. The van der Waals surface area contributed by atoms with Crippen LogP contribution in [0, 0.1) is 0 Å². The molecule has 8 heteroatoms. The summed E-state index contributed by atoms with van der Waals surface area (Å²) >= 11 is 7.79. The topological polar surface area (TPSA) is 62.2 Å². The minimum Gasteiger partial charge on any atom is -0.497 e. The molecule has 0 radical (unpaired) electrons. The van der Waals surface area contributed by atoms with Crippen LogP contribution < -0.4 is 14.4 Å². The van der Waals surface area contributed by atoms with Crippen LogP contribution in [0.5, 0.6) is 11.5 Å². The van der Waals surface area contributed by atoms with Crippen LogP contribution in [0.1, 0.15) is 37.1 Å². The smallest absolute Gasteiger partial charge is 0.225 e. The summed E-state index contributed by atoms with van der Waals surface area (Å²) in [5.41, 5.74) is 1.75. The fourth-order valence-corrected chi connectivity index (χ4v) is 6.08. The summed E-state index contributed by atoms with van der Waals surface area (Å²) in [5.74, 6) is 1.42. The molecule has 0 bridgehead atoms. The molecule has 1 saturated heterocycles. The van der Waals surface area contributed by atoms with Gasteiger partial charge in [-0.2, -0.15) is 0 Å². The predicted molar refractivity (Wildman–Crippen MR) is 128 cm³/mol. The van der Waals surface area contributed by atoms with Gasteiger partial charge in [0, 0.05) is 35.0 Å². The summed E-state index contributed by atoms with van der Waals surface area (Å²) in [7, 11) is 1.63. The second-order valence-corrected chi connectivity index (χ2v) is 9.65. The van der Waals surface area contributed by atoms with Gasteiger partial charge in [0.15, 0.2) is 0 Å². The quantitative estimate of drug-likeness (QED) is 0.556. The molecule has 2 aliphatic rings. The third kappa shape index (κ3) is 4.86. The van der Waals surface area contributed by atoms with E-state index >= 15 is 0 Å². The van der Waals surface area contributed by atoms with Gasteiger partial charge in [-0.05, 0) is 62.2 Å². The number of hydrogen-bond acceptors (Lipinski definition) is 6. The molecule has 172 valence electrons. The molecule has 1 amide bonds. The minimum atomic E-state index is -0.261. The maximum absolute atomic E-state index is 12.6. The lowest BCUT2D eigenvalue weighted by molar-refractivity contribution is -0.116. The zero-order valence-electron chi connectivity index (χ0n) is 18.4. The second kappa shape index (κ2) is 10.3. The van der Waals surface area contributed by atoms with E-state index in [1.165, 1.54) is 0 Å². The van der Waals surface area contributed by atoms with Gasteiger partial charge in [-0.3, -0.25) is 14.6 Å². The average molecular weight is 477 g/mol. The van der Waals surface area contributed by atoms with E-state index in [-0.39, 0.29) is 23.9 Å². The summed E-state index contributed by atoms with van der Waals surface area (Å²) in [5, 5.41) is 9.90. The third-order valence-electron chi connectivity index (χ3n) is 6.03. The van der Waals surface area contributed by atoms with E-state index < -0.39 is 0 Å². The van der Waals surface area contributed by atoms with E-state index in [9.17, 15) is 9.90 Å². The molecule has 2 atom stereocenters. The summed E-state index contributed by atoms with van der Waals surface area (Å²) in [4.78, 5) is 17.7. The molecule has 2 aromatic rings. The number of rotatable bonds is 8. The van der Waals surface area contributed by atoms with Crippen molar-refractivity contribution in [1.82, 2.24) is 4.90 Å². The lowest BCUT2D eigenvalue weighted by Crippen LogP contribution is -2.33. The SMILES string of the molecule is COc1ccc(OCCCN2CCC[C@H]2CO)c(C2Sc3cc(Cl)ccc3N2C(C)=O)c1. The fourth-order valence-electron chi connectivity index (χ4n) is 4.44. The maximum Gasteiger partial charge on any atom is 0.225 e. The first kappa shape index (κ1) is 23.2. The number of carbonyl (C=O) groups is 1. The molecule has 1 N–H and O–H groups in total. The standard InChI is InChI=1S/C24H29ClN2O4S/c1-16(29)27-21-8-6-17(25)13-23(21)32-24(27)20-14-19(30-2)7-9-22(20)31-12-4-11-26-10-3-5-18(26)15-28/h6-9,13-14,18,24,28H,3-5,10-12,15H2,1-2H3/t18-,24?/m0/s1. The molecule has 2 aliphatic heterocycles. The van der Waals surface area contributed by atoms with E-state index in [4.69, 9.17) is 21.1 Å². The van der Waals surface area contributed by atoms with Crippen LogP contribution in [0.4, 0.5) is 5.69 Å². The number of methoxy groups -OCH3 is 1.